The molecule has 2 rings (SSSR count). The van der Waals surface area contributed by atoms with E-state index >= 15 is 0 Å². The summed E-state index contributed by atoms with van der Waals surface area (Å²) in [5, 5.41) is 4.27. The Balaban J connectivity index is 1.79. The average molecular weight is 303 g/mol. The number of carbonyl (C=O) groups excluding carboxylic acids is 1. The molecule has 1 aliphatic rings. The molecule has 1 atom stereocenters. The number of ether oxygens (including phenoxy) is 1. The Bertz CT molecular complexity index is 485. The molecule has 1 aliphatic heterocycles. The maximum atomic E-state index is 12.5. The van der Waals surface area contributed by atoms with Crippen LogP contribution >= 0.6 is 0 Å². The van der Waals surface area contributed by atoms with Gasteiger partial charge in [-0.3, -0.25) is 4.79 Å². The predicted molar refractivity (Wildman–Crippen MR) is 70.7 cm³/mol. The van der Waals surface area contributed by atoms with Gasteiger partial charge in [-0.15, -0.1) is 0 Å². The van der Waals surface area contributed by atoms with Crippen molar-refractivity contribution in [3.63, 3.8) is 0 Å². The van der Waals surface area contributed by atoms with Crippen molar-refractivity contribution >= 4 is 11.6 Å². The van der Waals surface area contributed by atoms with E-state index in [1.54, 1.807) is 5.32 Å². The molecule has 0 saturated carbocycles. The van der Waals surface area contributed by atoms with Crippen LogP contribution in [0.1, 0.15) is 18.4 Å². The van der Waals surface area contributed by atoms with Crippen LogP contribution in [-0.2, 0) is 15.7 Å². The lowest BCUT2D eigenvalue weighted by Crippen LogP contribution is -2.88. The van der Waals surface area contributed by atoms with Crippen molar-refractivity contribution in [3.8, 4) is 0 Å². The molecule has 116 valence electrons. The van der Waals surface area contributed by atoms with E-state index in [2.05, 4.69) is 5.32 Å². The molecule has 1 amide bonds. The average Bonchev–Trinajstić information content (AvgIpc) is 2.91. The van der Waals surface area contributed by atoms with Gasteiger partial charge in [-0.2, -0.15) is 13.2 Å². The molecule has 21 heavy (non-hydrogen) atoms. The Morgan fingerprint density at radius 1 is 1.43 bits per heavy atom. The molecule has 1 aromatic rings. The van der Waals surface area contributed by atoms with Gasteiger partial charge in [0.25, 0.3) is 5.91 Å². The van der Waals surface area contributed by atoms with E-state index in [0.29, 0.717) is 6.54 Å². The standard InChI is InChI=1S/C14H17F3N2O2/c15-14(16,17)10-3-1-4-11(7-10)19-13(20)9-18-8-12-5-2-6-21-12/h1,3-4,7,12,18H,2,5-6,8-9H2,(H,19,20)/p+1/t12-/m1/s1. The van der Waals surface area contributed by atoms with Gasteiger partial charge in [0.15, 0.2) is 6.54 Å². The number of quaternary nitrogens is 1. The number of alkyl halides is 3. The maximum absolute atomic E-state index is 12.5. The number of rotatable bonds is 5. The smallest absolute Gasteiger partial charge is 0.372 e. The quantitative estimate of drug-likeness (QED) is 0.863. The second-order valence-electron chi connectivity index (χ2n) is 4.99. The molecule has 0 spiro atoms. The predicted octanol–water partition coefficient (Wildman–Crippen LogP) is 1.39. The molecule has 7 heteroatoms. The number of nitrogens with one attached hydrogen (secondary N) is 1. The summed E-state index contributed by atoms with van der Waals surface area (Å²) in [4.78, 5) is 11.7. The van der Waals surface area contributed by atoms with Gasteiger partial charge in [0, 0.05) is 12.3 Å². The van der Waals surface area contributed by atoms with Crippen molar-refractivity contribution < 1.29 is 28.0 Å². The first-order valence-corrected chi connectivity index (χ1v) is 6.85. The summed E-state index contributed by atoms with van der Waals surface area (Å²) in [5.74, 6) is -0.327. The van der Waals surface area contributed by atoms with Crippen molar-refractivity contribution in [2.75, 3.05) is 25.0 Å². The lowest BCUT2D eigenvalue weighted by atomic mass is 10.2. The van der Waals surface area contributed by atoms with Crippen LogP contribution in [0, 0.1) is 0 Å². The van der Waals surface area contributed by atoms with Crippen LogP contribution in [0.25, 0.3) is 0 Å². The largest absolute Gasteiger partial charge is 0.416 e. The molecule has 0 unspecified atom stereocenters. The van der Waals surface area contributed by atoms with Gasteiger partial charge < -0.3 is 15.4 Å². The number of hydrogen-bond donors (Lipinski definition) is 2. The fraction of sp³-hybridized carbons (Fsp3) is 0.500. The Labute approximate surface area is 120 Å². The van der Waals surface area contributed by atoms with Gasteiger partial charge in [0.1, 0.15) is 12.6 Å². The summed E-state index contributed by atoms with van der Waals surface area (Å²) in [7, 11) is 0. The van der Waals surface area contributed by atoms with E-state index in [-0.39, 0.29) is 24.2 Å². The monoisotopic (exact) mass is 303 g/mol. The number of halogens is 3. The summed E-state index contributed by atoms with van der Waals surface area (Å²) >= 11 is 0. The molecule has 1 saturated heterocycles. The van der Waals surface area contributed by atoms with Crippen molar-refractivity contribution in [2.45, 2.75) is 25.1 Å². The Hall–Kier alpha value is -1.60. The van der Waals surface area contributed by atoms with Gasteiger partial charge in [-0.25, -0.2) is 0 Å². The van der Waals surface area contributed by atoms with E-state index in [4.69, 9.17) is 4.74 Å². The first-order chi connectivity index (χ1) is 9.95. The molecule has 0 aromatic heterocycles. The molecule has 4 nitrogen and oxygen atoms in total. The normalized spacial score (nSPS) is 18.7. The van der Waals surface area contributed by atoms with Crippen molar-refractivity contribution in [1.29, 1.82) is 0 Å². The number of amides is 1. The van der Waals surface area contributed by atoms with E-state index in [1.165, 1.54) is 12.1 Å². The maximum Gasteiger partial charge on any atom is 0.416 e. The van der Waals surface area contributed by atoms with Crippen LogP contribution in [0.15, 0.2) is 24.3 Å². The summed E-state index contributed by atoms with van der Waals surface area (Å²) in [6, 6.07) is 4.61. The van der Waals surface area contributed by atoms with Gasteiger partial charge in [-0.05, 0) is 31.0 Å². The number of benzene rings is 1. The molecule has 1 heterocycles. The molecular weight excluding hydrogens is 285 g/mol. The van der Waals surface area contributed by atoms with Gasteiger partial charge in [0.2, 0.25) is 0 Å². The number of anilines is 1. The zero-order chi connectivity index (χ0) is 15.3. The number of hydrogen-bond acceptors (Lipinski definition) is 2. The highest BCUT2D eigenvalue weighted by Crippen LogP contribution is 2.30. The van der Waals surface area contributed by atoms with Crippen molar-refractivity contribution in [1.82, 2.24) is 0 Å². The van der Waals surface area contributed by atoms with Gasteiger partial charge in [-0.1, -0.05) is 6.07 Å². The minimum Gasteiger partial charge on any atom is -0.372 e. The highest BCUT2D eigenvalue weighted by Gasteiger charge is 2.30. The van der Waals surface area contributed by atoms with Gasteiger partial charge in [0.05, 0.1) is 5.56 Å². The lowest BCUT2D eigenvalue weighted by molar-refractivity contribution is -0.649. The Morgan fingerprint density at radius 2 is 2.24 bits per heavy atom. The summed E-state index contributed by atoms with van der Waals surface area (Å²) < 4.78 is 43.1. The third-order valence-corrected chi connectivity index (χ3v) is 3.26. The van der Waals surface area contributed by atoms with Crippen molar-refractivity contribution in [2.24, 2.45) is 0 Å². The molecule has 0 bridgehead atoms. The zero-order valence-corrected chi connectivity index (χ0v) is 11.5. The third kappa shape index (κ3) is 5.02. The van der Waals surface area contributed by atoms with E-state index < -0.39 is 11.7 Å². The van der Waals surface area contributed by atoms with Crippen molar-refractivity contribution in [3.05, 3.63) is 29.8 Å². The first-order valence-electron chi connectivity index (χ1n) is 6.85. The van der Waals surface area contributed by atoms with Crippen LogP contribution in [0.2, 0.25) is 0 Å². The topological polar surface area (TPSA) is 54.9 Å². The molecule has 0 aliphatic carbocycles. The van der Waals surface area contributed by atoms with Crippen LogP contribution in [0.3, 0.4) is 0 Å². The third-order valence-electron chi connectivity index (χ3n) is 3.26. The lowest BCUT2D eigenvalue weighted by Gasteiger charge is -2.10. The number of carbonyl (C=O) groups is 1. The number of nitrogens with two attached hydrogens (primary N) is 1. The van der Waals surface area contributed by atoms with Gasteiger partial charge >= 0.3 is 6.18 Å². The molecule has 1 aromatic carbocycles. The van der Waals surface area contributed by atoms with E-state index in [0.717, 1.165) is 31.6 Å². The minimum atomic E-state index is -4.41. The SMILES string of the molecule is O=C(C[NH2+]C[C@H]1CCCO1)Nc1cccc(C(F)(F)F)c1. The summed E-state index contributed by atoms with van der Waals surface area (Å²) in [6.07, 6.45) is -2.21. The summed E-state index contributed by atoms with van der Waals surface area (Å²) in [5.41, 5.74) is -0.621. The zero-order valence-electron chi connectivity index (χ0n) is 11.5. The Kier molecular flexibility index (Phi) is 5.19. The molecule has 3 N–H and O–H groups in total. The van der Waals surface area contributed by atoms with Crippen LogP contribution in [-0.4, -0.2) is 31.7 Å². The molecular formula is C14H18F3N2O2+. The summed E-state index contributed by atoms with van der Waals surface area (Å²) in [6.45, 7) is 1.61. The molecule has 0 radical (unpaired) electrons. The Morgan fingerprint density at radius 3 is 2.90 bits per heavy atom. The highest BCUT2D eigenvalue weighted by molar-refractivity contribution is 5.91. The van der Waals surface area contributed by atoms with Crippen LogP contribution < -0.4 is 10.6 Å². The van der Waals surface area contributed by atoms with Crippen LogP contribution in [0.5, 0.6) is 0 Å². The minimum absolute atomic E-state index is 0.153. The second kappa shape index (κ2) is 6.91. The van der Waals surface area contributed by atoms with Crippen LogP contribution in [0.4, 0.5) is 18.9 Å². The fourth-order valence-corrected chi connectivity index (χ4v) is 2.22. The van der Waals surface area contributed by atoms with E-state index in [1.807, 2.05) is 0 Å². The first kappa shape index (κ1) is 15.8. The fourth-order valence-electron chi connectivity index (χ4n) is 2.22. The van der Waals surface area contributed by atoms with E-state index in [9.17, 15) is 18.0 Å². The molecule has 1 fully saturated rings. The second-order valence-corrected chi connectivity index (χ2v) is 4.99. The highest BCUT2D eigenvalue weighted by atomic mass is 19.4.